The topological polar surface area (TPSA) is 41.5 Å². The molecule has 0 aliphatic rings. The first kappa shape index (κ1) is 15.8. The van der Waals surface area contributed by atoms with Crippen molar-refractivity contribution >= 4 is 11.6 Å². The Kier molecular flexibility index (Phi) is 5.99. The zero-order chi connectivity index (χ0) is 15.1. The molecule has 1 unspecified atom stereocenters. The van der Waals surface area contributed by atoms with Crippen LogP contribution in [0.15, 0.2) is 48.5 Å². The van der Waals surface area contributed by atoms with Gasteiger partial charge in [-0.25, -0.2) is 4.39 Å². The molecule has 0 saturated carbocycles. The van der Waals surface area contributed by atoms with Crippen molar-refractivity contribution in [2.24, 2.45) is 0 Å². The summed E-state index contributed by atoms with van der Waals surface area (Å²) in [7, 11) is 0. The molecule has 21 heavy (non-hydrogen) atoms. The molecule has 0 radical (unpaired) electrons. The number of ether oxygens (including phenoxy) is 1. The van der Waals surface area contributed by atoms with Crippen LogP contribution < -0.4 is 10.1 Å². The second kappa shape index (κ2) is 7.98. The predicted octanol–water partition coefficient (Wildman–Crippen LogP) is 3.01. The Labute approximate surface area is 128 Å². The number of nitrogens with one attached hydrogen (secondary N) is 1. The van der Waals surface area contributed by atoms with E-state index in [0.29, 0.717) is 29.4 Å². The summed E-state index contributed by atoms with van der Waals surface area (Å²) in [5.74, 6) is 0.393. The van der Waals surface area contributed by atoms with Crippen molar-refractivity contribution in [2.45, 2.75) is 12.6 Å². The van der Waals surface area contributed by atoms with Crippen LogP contribution in [-0.2, 0) is 6.54 Å². The van der Waals surface area contributed by atoms with Gasteiger partial charge >= 0.3 is 0 Å². The molecule has 2 aromatic carbocycles. The third kappa shape index (κ3) is 5.34. The predicted molar refractivity (Wildman–Crippen MR) is 81.1 cm³/mol. The molecule has 2 aromatic rings. The fraction of sp³-hybridized carbons (Fsp3) is 0.250. The SMILES string of the molecule is OC(CNCc1ccccc1F)COc1ccc(Cl)cc1. The molecule has 5 heteroatoms. The maximum Gasteiger partial charge on any atom is 0.127 e. The zero-order valence-electron chi connectivity index (χ0n) is 11.4. The van der Waals surface area contributed by atoms with Crippen molar-refractivity contribution in [3.63, 3.8) is 0 Å². The fourth-order valence-electron chi connectivity index (χ4n) is 1.80. The van der Waals surface area contributed by atoms with E-state index in [9.17, 15) is 9.50 Å². The lowest BCUT2D eigenvalue weighted by molar-refractivity contribution is 0.106. The Hall–Kier alpha value is -1.62. The highest BCUT2D eigenvalue weighted by Gasteiger charge is 2.06. The average molecular weight is 310 g/mol. The average Bonchev–Trinajstić information content (AvgIpc) is 2.49. The van der Waals surface area contributed by atoms with Crippen LogP contribution in [0.1, 0.15) is 5.56 Å². The molecule has 0 saturated heterocycles. The second-order valence-electron chi connectivity index (χ2n) is 4.64. The van der Waals surface area contributed by atoms with Gasteiger partial charge in [-0.1, -0.05) is 29.8 Å². The molecule has 0 aliphatic carbocycles. The van der Waals surface area contributed by atoms with Gasteiger partial charge in [0.15, 0.2) is 0 Å². The van der Waals surface area contributed by atoms with Gasteiger partial charge in [0.25, 0.3) is 0 Å². The maximum absolute atomic E-state index is 13.4. The van der Waals surface area contributed by atoms with Gasteiger partial charge in [-0.05, 0) is 30.3 Å². The van der Waals surface area contributed by atoms with Gasteiger partial charge in [0.05, 0.1) is 0 Å². The summed E-state index contributed by atoms with van der Waals surface area (Å²) >= 11 is 5.77. The Morgan fingerprint density at radius 3 is 2.57 bits per heavy atom. The van der Waals surface area contributed by atoms with Crippen LogP contribution in [-0.4, -0.2) is 24.4 Å². The molecule has 0 heterocycles. The van der Waals surface area contributed by atoms with Crippen molar-refractivity contribution in [3.8, 4) is 5.75 Å². The number of halogens is 2. The molecule has 0 aliphatic heterocycles. The zero-order valence-corrected chi connectivity index (χ0v) is 12.2. The molecule has 0 fully saturated rings. The van der Waals surface area contributed by atoms with Crippen molar-refractivity contribution < 1.29 is 14.2 Å². The van der Waals surface area contributed by atoms with Crippen LogP contribution in [0.25, 0.3) is 0 Å². The number of aliphatic hydroxyl groups excluding tert-OH is 1. The fourth-order valence-corrected chi connectivity index (χ4v) is 1.92. The smallest absolute Gasteiger partial charge is 0.127 e. The third-order valence-corrected chi connectivity index (χ3v) is 3.16. The molecular formula is C16H17ClFNO2. The number of rotatable bonds is 7. The minimum atomic E-state index is -0.674. The Morgan fingerprint density at radius 2 is 1.86 bits per heavy atom. The van der Waals surface area contributed by atoms with E-state index in [4.69, 9.17) is 16.3 Å². The Bertz CT molecular complexity index is 562. The van der Waals surface area contributed by atoms with E-state index in [1.807, 2.05) is 0 Å². The van der Waals surface area contributed by atoms with Crippen LogP contribution in [0.2, 0.25) is 5.02 Å². The number of aliphatic hydroxyl groups is 1. The lowest BCUT2D eigenvalue weighted by Gasteiger charge is -2.13. The van der Waals surface area contributed by atoms with Crippen molar-refractivity contribution in [1.29, 1.82) is 0 Å². The van der Waals surface area contributed by atoms with E-state index in [-0.39, 0.29) is 12.4 Å². The molecule has 0 bridgehead atoms. The highest BCUT2D eigenvalue weighted by molar-refractivity contribution is 6.30. The summed E-state index contributed by atoms with van der Waals surface area (Å²) in [6.45, 7) is 0.846. The lowest BCUT2D eigenvalue weighted by Crippen LogP contribution is -2.31. The molecular weight excluding hydrogens is 293 g/mol. The first-order valence-corrected chi connectivity index (χ1v) is 7.03. The Morgan fingerprint density at radius 1 is 1.14 bits per heavy atom. The van der Waals surface area contributed by atoms with Gasteiger partial charge in [-0.2, -0.15) is 0 Å². The second-order valence-corrected chi connectivity index (χ2v) is 5.08. The minimum absolute atomic E-state index is 0.159. The summed E-state index contributed by atoms with van der Waals surface area (Å²) in [5, 5.41) is 13.4. The van der Waals surface area contributed by atoms with Crippen LogP contribution in [0.3, 0.4) is 0 Å². The maximum atomic E-state index is 13.4. The van der Waals surface area contributed by atoms with Crippen LogP contribution in [0, 0.1) is 5.82 Å². The van der Waals surface area contributed by atoms with E-state index in [1.165, 1.54) is 6.07 Å². The van der Waals surface area contributed by atoms with E-state index in [0.717, 1.165) is 0 Å². The van der Waals surface area contributed by atoms with Gasteiger partial charge < -0.3 is 15.2 Å². The van der Waals surface area contributed by atoms with Crippen molar-refractivity contribution in [1.82, 2.24) is 5.32 Å². The lowest BCUT2D eigenvalue weighted by atomic mass is 10.2. The molecule has 0 amide bonds. The van der Waals surface area contributed by atoms with E-state index in [2.05, 4.69) is 5.32 Å². The highest BCUT2D eigenvalue weighted by atomic mass is 35.5. The summed E-state index contributed by atoms with van der Waals surface area (Å²) < 4.78 is 18.8. The van der Waals surface area contributed by atoms with E-state index >= 15 is 0 Å². The number of benzene rings is 2. The van der Waals surface area contributed by atoms with Gasteiger partial charge in [0, 0.05) is 23.7 Å². The minimum Gasteiger partial charge on any atom is -0.491 e. The molecule has 3 nitrogen and oxygen atoms in total. The summed E-state index contributed by atoms with van der Waals surface area (Å²) in [5.41, 5.74) is 0.573. The molecule has 1 atom stereocenters. The third-order valence-electron chi connectivity index (χ3n) is 2.91. The molecule has 0 spiro atoms. The van der Waals surface area contributed by atoms with Gasteiger partial charge in [0.2, 0.25) is 0 Å². The molecule has 0 aromatic heterocycles. The normalized spacial score (nSPS) is 12.1. The first-order chi connectivity index (χ1) is 10.1. The summed E-state index contributed by atoms with van der Waals surface area (Å²) in [6.07, 6.45) is -0.674. The van der Waals surface area contributed by atoms with Gasteiger partial charge in [-0.15, -0.1) is 0 Å². The van der Waals surface area contributed by atoms with Crippen LogP contribution in [0.4, 0.5) is 4.39 Å². The molecule has 2 rings (SSSR count). The molecule has 2 N–H and O–H groups in total. The monoisotopic (exact) mass is 309 g/mol. The van der Waals surface area contributed by atoms with Crippen molar-refractivity contribution in [2.75, 3.05) is 13.2 Å². The standard InChI is InChI=1S/C16H17ClFNO2/c17-13-5-7-15(8-6-13)21-11-14(20)10-19-9-12-3-1-2-4-16(12)18/h1-8,14,19-20H,9-11H2. The largest absolute Gasteiger partial charge is 0.491 e. The van der Waals surface area contributed by atoms with Gasteiger partial charge in [-0.3, -0.25) is 0 Å². The molecule has 112 valence electrons. The van der Waals surface area contributed by atoms with E-state index in [1.54, 1.807) is 42.5 Å². The first-order valence-electron chi connectivity index (χ1n) is 6.65. The van der Waals surface area contributed by atoms with Crippen LogP contribution in [0.5, 0.6) is 5.75 Å². The van der Waals surface area contributed by atoms with Crippen LogP contribution >= 0.6 is 11.6 Å². The highest BCUT2D eigenvalue weighted by Crippen LogP contribution is 2.15. The summed E-state index contributed by atoms with van der Waals surface area (Å²) in [4.78, 5) is 0. The summed E-state index contributed by atoms with van der Waals surface area (Å²) in [6, 6.07) is 13.5. The Balaban J connectivity index is 1.69. The van der Waals surface area contributed by atoms with E-state index < -0.39 is 6.10 Å². The van der Waals surface area contributed by atoms with Gasteiger partial charge in [0.1, 0.15) is 24.3 Å². The number of hydrogen-bond acceptors (Lipinski definition) is 3. The quantitative estimate of drug-likeness (QED) is 0.826. The number of hydrogen-bond donors (Lipinski definition) is 2. The van der Waals surface area contributed by atoms with Crippen molar-refractivity contribution in [3.05, 3.63) is 64.9 Å².